The zero-order valence-corrected chi connectivity index (χ0v) is 28.2. The highest BCUT2D eigenvalue weighted by molar-refractivity contribution is 6.02. The van der Waals surface area contributed by atoms with E-state index in [1.165, 1.54) is 56.9 Å². The molecular formula is C36H52Cl2N2O3. The second-order valence-electron chi connectivity index (χ2n) is 15.1. The van der Waals surface area contributed by atoms with E-state index in [2.05, 4.69) is 49.1 Å². The minimum atomic E-state index is 0. The SMILES string of the molecule is CC12CC3CC(C)(C1)CC(N)(C3)C2.COc1cc2c(cc1OC)C(=O)C(CC1CCN(Cc3ccccc3)CC1)C2.Cl.Cl. The standard InChI is InChI=1S/C24H29NO3.C12H21N.2ClH/c1-27-22-14-19-13-20(24(26)21(19)15-23(22)28-2)12-17-8-10-25(11-9-17)16-18-6-4-3-5-7-18;1-10-3-9-4-11(2,6-10)8-12(13,5-9)7-10;;/h3-7,14-15,17,20H,8-13,16H2,1-2H3;9H,3-8,13H2,1-2H3;2*1H. The maximum atomic E-state index is 12.9. The van der Waals surface area contributed by atoms with Crippen LogP contribution < -0.4 is 15.2 Å². The molecule has 1 heterocycles. The zero-order valence-electron chi connectivity index (χ0n) is 26.5. The van der Waals surface area contributed by atoms with Crippen LogP contribution >= 0.6 is 24.8 Å². The number of hydrogen-bond donors (Lipinski definition) is 1. The third-order valence-corrected chi connectivity index (χ3v) is 11.0. The van der Waals surface area contributed by atoms with Crippen LogP contribution in [0, 0.1) is 28.6 Å². The van der Waals surface area contributed by atoms with Gasteiger partial charge in [0, 0.05) is 23.6 Å². The number of ether oxygens (including phenoxy) is 2. The number of benzene rings is 2. The number of likely N-dealkylation sites (tertiary alicyclic amines) is 1. The minimum Gasteiger partial charge on any atom is -0.493 e. The molecule has 2 aromatic rings. The first-order chi connectivity index (χ1) is 19.6. The van der Waals surface area contributed by atoms with E-state index in [1.807, 2.05) is 12.1 Å². The number of Topliss-reactive ketones (excluding diaryl/α,β-unsaturated/α-hetero) is 1. The predicted octanol–water partition coefficient (Wildman–Crippen LogP) is 7.90. The molecular weight excluding hydrogens is 579 g/mol. The summed E-state index contributed by atoms with van der Waals surface area (Å²) >= 11 is 0. The van der Waals surface area contributed by atoms with Crippen LogP contribution in [-0.2, 0) is 13.0 Å². The number of nitrogens with two attached hydrogens (primary N) is 1. The molecule has 5 nitrogen and oxygen atoms in total. The van der Waals surface area contributed by atoms with E-state index in [9.17, 15) is 4.79 Å². The molecule has 0 radical (unpaired) electrons. The van der Waals surface area contributed by atoms with Gasteiger partial charge in [0.2, 0.25) is 0 Å². The summed E-state index contributed by atoms with van der Waals surface area (Å²) in [4.78, 5) is 15.5. The molecule has 1 saturated heterocycles. The highest BCUT2D eigenvalue weighted by Crippen LogP contribution is 2.65. The Bertz CT molecular complexity index is 1210. The molecule has 7 heteroatoms. The van der Waals surface area contributed by atoms with E-state index < -0.39 is 0 Å². The van der Waals surface area contributed by atoms with Crippen molar-refractivity contribution in [2.24, 2.45) is 34.3 Å². The summed E-state index contributed by atoms with van der Waals surface area (Å²) in [5.41, 5.74) is 11.2. The molecule has 5 aliphatic carbocycles. The number of ketones is 1. The zero-order chi connectivity index (χ0) is 28.8. The number of hydrogen-bond acceptors (Lipinski definition) is 5. The van der Waals surface area contributed by atoms with Gasteiger partial charge in [-0.25, -0.2) is 0 Å². The molecule has 1 aliphatic heterocycles. The lowest BCUT2D eigenvalue weighted by atomic mass is 9.43. The van der Waals surface area contributed by atoms with Gasteiger partial charge in [-0.3, -0.25) is 9.69 Å². The molecule has 2 N–H and O–H groups in total. The van der Waals surface area contributed by atoms with Gasteiger partial charge in [-0.2, -0.15) is 0 Å². The molecule has 4 bridgehead atoms. The maximum Gasteiger partial charge on any atom is 0.166 e. The van der Waals surface area contributed by atoms with Gasteiger partial charge in [0.15, 0.2) is 17.3 Å². The van der Waals surface area contributed by atoms with E-state index >= 15 is 0 Å². The Morgan fingerprint density at radius 3 is 2.05 bits per heavy atom. The Balaban J connectivity index is 0.000000236. The molecule has 6 aliphatic rings. The maximum absolute atomic E-state index is 12.9. The Kier molecular flexibility index (Phi) is 10.5. The molecule has 4 saturated carbocycles. The molecule has 2 aromatic carbocycles. The van der Waals surface area contributed by atoms with Gasteiger partial charge in [0.05, 0.1) is 14.2 Å². The predicted molar refractivity (Wildman–Crippen MR) is 179 cm³/mol. The Morgan fingerprint density at radius 2 is 1.49 bits per heavy atom. The van der Waals surface area contributed by atoms with Crippen LogP contribution in [0.25, 0.3) is 0 Å². The highest BCUT2D eigenvalue weighted by Gasteiger charge is 2.58. The lowest BCUT2D eigenvalue weighted by molar-refractivity contribution is -0.104. The van der Waals surface area contributed by atoms with E-state index in [1.54, 1.807) is 14.2 Å². The molecule has 238 valence electrons. The topological polar surface area (TPSA) is 64.8 Å². The number of methoxy groups -OCH3 is 2. The second kappa shape index (κ2) is 13.3. The van der Waals surface area contributed by atoms with Gasteiger partial charge in [0.25, 0.3) is 0 Å². The van der Waals surface area contributed by atoms with E-state index in [0.29, 0.717) is 28.2 Å². The number of nitrogens with zero attached hydrogens (tertiary/aromatic N) is 1. The van der Waals surface area contributed by atoms with Crippen molar-refractivity contribution in [3.05, 3.63) is 59.2 Å². The monoisotopic (exact) mass is 630 g/mol. The number of carbonyl (C=O) groups excluding carboxylic acids is 1. The average molecular weight is 632 g/mol. The molecule has 3 unspecified atom stereocenters. The summed E-state index contributed by atoms with van der Waals surface area (Å²) in [7, 11) is 3.26. The molecule has 43 heavy (non-hydrogen) atoms. The first-order valence-electron chi connectivity index (χ1n) is 15.9. The van der Waals surface area contributed by atoms with Crippen molar-refractivity contribution in [1.82, 2.24) is 4.90 Å². The number of halogens is 2. The van der Waals surface area contributed by atoms with Crippen molar-refractivity contribution in [2.45, 2.75) is 90.1 Å². The summed E-state index contributed by atoms with van der Waals surface area (Å²) in [6.07, 6.45) is 12.5. The van der Waals surface area contributed by atoms with Crippen LogP contribution in [0.3, 0.4) is 0 Å². The largest absolute Gasteiger partial charge is 0.493 e. The summed E-state index contributed by atoms with van der Waals surface area (Å²) < 4.78 is 10.8. The van der Waals surface area contributed by atoms with Crippen molar-refractivity contribution in [3.8, 4) is 11.5 Å². The van der Waals surface area contributed by atoms with Crippen molar-refractivity contribution in [1.29, 1.82) is 0 Å². The summed E-state index contributed by atoms with van der Waals surface area (Å²) in [5, 5.41) is 0. The lowest BCUT2D eigenvalue weighted by Gasteiger charge is -2.64. The lowest BCUT2D eigenvalue weighted by Crippen LogP contribution is -2.62. The number of carbonyl (C=O) groups is 1. The first-order valence-corrected chi connectivity index (χ1v) is 15.9. The number of fused-ring (bicyclic) bond motifs is 1. The molecule has 5 fully saturated rings. The quantitative estimate of drug-likeness (QED) is 0.351. The number of rotatable bonds is 6. The molecule has 8 rings (SSSR count). The van der Waals surface area contributed by atoms with Crippen molar-refractivity contribution >= 4 is 30.6 Å². The Hall–Kier alpha value is -1.79. The highest BCUT2D eigenvalue weighted by atomic mass is 35.5. The summed E-state index contributed by atoms with van der Waals surface area (Å²) in [5.74, 6) is 3.34. The Labute approximate surface area is 271 Å². The van der Waals surface area contributed by atoms with Gasteiger partial charge in [-0.15, -0.1) is 24.8 Å². The van der Waals surface area contributed by atoms with Gasteiger partial charge >= 0.3 is 0 Å². The molecule has 3 atom stereocenters. The van der Waals surface area contributed by atoms with E-state index in [4.69, 9.17) is 15.2 Å². The van der Waals surface area contributed by atoms with Crippen LogP contribution in [0.5, 0.6) is 11.5 Å². The fraction of sp³-hybridized carbons (Fsp3) is 0.639. The van der Waals surface area contributed by atoms with Gasteiger partial charge < -0.3 is 15.2 Å². The molecule has 0 amide bonds. The third kappa shape index (κ3) is 7.38. The van der Waals surface area contributed by atoms with Gasteiger partial charge in [0.1, 0.15) is 0 Å². The van der Waals surface area contributed by atoms with Crippen LogP contribution in [0.4, 0.5) is 0 Å². The van der Waals surface area contributed by atoms with Gasteiger partial charge in [-0.05, 0) is 123 Å². The summed E-state index contributed by atoms with van der Waals surface area (Å²) in [6.45, 7) is 8.21. The number of piperidine rings is 1. The summed E-state index contributed by atoms with van der Waals surface area (Å²) in [6, 6.07) is 14.5. The van der Waals surface area contributed by atoms with E-state index in [0.717, 1.165) is 49.5 Å². The van der Waals surface area contributed by atoms with Crippen LogP contribution in [-0.4, -0.2) is 43.5 Å². The van der Waals surface area contributed by atoms with Crippen molar-refractivity contribution in [3.63, 3.8) is 0 Å². The van der Waals surface area contributed by atoms with Crippen molar-refractivity contribution in [2.75, 3.05) is 27.3 Å². The smallest absolute Gasteiger partial charge is 0.166 e. The average Bonchev–Trinajstić information content (AvgIpc) is 3.21. The molecule has 0 aromatic heterocycles. The third-order valence-electron chi connectivity index (χ3n) is 11.0. The van der Waals surface area contributed by atoms with Crippen LogP contribution in [0.1, 0.15) is 93.1 Å². The van der Waals surface area contributed by atoms with E-state index in [-0.39, 0.29) is 42.1 Å². The fourth-order valence-electron chi connectivity index (χ4n) is 10.2. The first kappa shape index (κ1) is 34.1. The van der Waals surface area contributed by atoms with Crippen LogP contribution in [0.2, 0.25) is 0 Å². The second-order valence-corrected chi connectivity index (χ2v) is 15.1. The minimum absolute atomic E-state index is 0. The molecule has 0 spiro atoms. The Morgan fingerprint density at radius 1 is 0.884 bits per heavy atom. The van der Waals surface area contributed by atoms with Gasteiger partial charge in [-0.1, -0.05) is 44.2 Å². The normalized spacial score (nSPS) is 32.6. The van der Waals surface area contributed by atoms with Crippen LogP contribution in [0.15, 0.2) is 42.5 Å². The van der Waals surface area contributed by atoms with Crippen molar-refractivity contribution < 1.29 is 14.3 Å². The fourth-order valence-corrected chi connectivity index (χ4v) is 10.2.